The van der Waals surface area contributed by atoms with Crippen molar-refractivity contribution in [3.63, 3.8) is 0 Å². The van der Waals surface area contributed by atoms with Gasteiger partial charge in [-0.1, -0.05) is 38.1 Å². The predicted octanol–water partition coefficient (Wildman–Crippen LogP) is 1.74. The average molecular weight is 387 g/mol. The third-order valence-electron chi connectivity index (χ3n) is 4.51. The number of fused-ring (bicyclic) bond motifs is 1. The largest absolute Gasteiger partial charge is 0.465 e. The molecule has 1 aliphatic rings. The fraction of sp³-hybridized carbons (Fsp3) is 0.368. The first-order chi connectivity index (χ1) is 13.3. The van der Waals surface area contributed by atoms with Crippen molar-refractivity contribution in [3.8, 4) is 0 Å². The molecule has 28 heavy (non-hydrogen) atoms. The first-order valence-corrected chi connectivity index (χ1v) is 8.86. The lowest BCUT2D eigenvalue weighted by Crippen LogP contribution is -2.36. The molecule has 0 fully saturated rings. The Morgan fingerprint density at radius 1 is 1.18 bits per heavy atom. The van der Waals surface area contributed by atoms with Crippen LogP contribution in [0.3, 0.4) is 0 Å². The number of carbonyl (C=O) groups is 3. The first kappa shape index (κ1) is 19.4. The number of amides is 1. The van der Waals surface area contributed by atoms with Gasteiger partial charge >= 0.3 is 18.0 Å². The molecule has 9 nitrogen and oxygen atoms in total. The van der Waals surface area contributed by atoms with Crippen molar-refractivity contribution in [2.75, 3.05) is 6.54 Å². The Hall–Kier alpha value is -3.36. The van der Waals surface area contributed by atoms with Crippen LogP contribution in [0.25, 0.3) is 0 Å². The number of hydrogen-bond acceptors (Lipinski definition) is 6. The Labute approximate surface area is 161 Å². The van der Waals surface area contributed by atoms with E-state index >= 15 is 0 Å². The highest BCUT2D eigenvalue weighted by atomic mass is 16.7. The topological polar surface area (TPSA) is 111 Å². The van der Waals surface area contributed by atoms with E-state index in [0.717, 1.165) is 10.3 Å². The number of carboxylic acid groups (broad SMARTS) is 1. The van der Waals surface area contributed by atoms with Crippen LogP contribution in [0.2, 0.25) is 0 Å². The Morgan fingerprint density at radius 2 is 1.89 bits per heavy atom. The van der Waals surface area contributed by atoms with Gasteiger partial charge in [0.05, 0.1) is 17.9 Å². The van der Waals surface area contributed by atoms with Crippen molar-refractivity contribution in [2.45, 2.75) is 39.3 Å². The van der Waals surface area contributed by atoms with Crippen LogP contribution in [0.5, 0.6) is 0 Å². The van der Waals surface area contributed by atoms with Gasteiger partial charge in [0.1, 0.15) is 12.9 Å². The molecular formula is C19H21N3O6. The summed E-state index contributed by atoms with van der Waals surface area (Å²) < 4.78 is 6.09. The van der Waals surface area contributed by atoms with E-state index in [1.165, 1.54) is 16.8 Å². The van der Waals surface area contributed by atoms with Gasteiger partial charge in [0.15, 0.2) is 0 Å². The van der Waals surface area contributed by atoms with E-state index in [9.17, 15) is 14.4 Å². The number of imidazole rings is 1. The quantitative estimate of drug-likeness (QED) is 0.628. The third kappa shape index (κ3) is 4.30. The summed E-state index contributed by atoms with van der Waals surface area (Å²) in [5, 5.41) is 9.03. The minimum absolute atomic E-state index is 0.0398. The van der Waals surface area contributed by atoms with Gasteiger partial charge in [0.2, 0.25) is 0 Å². The smallest absolute Gasteiger partial charge is 0.442 e. The van der Waals surface area contributed by atoms with Crippen LogP contribution in [0, 0.1) is 0 Å². The zero-order valence-electron chi connectivity index (χ0n) is 15.6. The monoisotopic (exact) mass is 387 g/mol. The molecule has 0 aliphatic carbocycles. The molecule has 0 radical (unpaired) electrons. The molecule has 1 N–H and O–H groups in total. The van der Waals surface area contributed by atoms with Crippen LogP contribution in [0.15, 0.2) is 30.6 Å². The van der Waals surface area contributed by atoms with E-state index in [0.29, 0.717) is 23.7 Å². The summed E-state index contributed by atoms with van der Waals surface area (Å²) in [4.78, 5) is 45.2. The maximum Gasteiger partial charge on any atom is 0.442 e. The van der Waals surface area contributed by atoms with E-state index in [4.69, 9.17) is 14.7 Å². The molecule has 1 aliphatic heterocycles. The summed E-state index contributed by atoms with van der Waals surface area (Å²) in [5.41, 5.74) is 2.98. The predicted molar refractivity (Wildman–Crippen MR) is 96.3 cm³/mol. The molecule has 0 unspecified atom stereocenters. The lowest BCUT2D eigenvalue weighted by molar-refractivity contribution is -0.168. The number of hydrogen-bond donors (Lipinski definition) is 1. The summed E-state index contributed by atoms with van der Waals surface area (Å²) in [5.74, 6) is -1.88. The van der Waals surface area contributed by atoms with Gasteiger partial charge in [0.25, 0.3) is 0 Å². The molecule has 2 heterocycles. The maximum absolute atomic E-state index is 12.0. The van der Waals surface area contributed by atoms with Gasteiger partial charge in [-0.05, 0) is 17.0 Å². The highest BCUT2D eigenvalue weighted by Gasteiger charge is 2.27. The first-order valence-electron chi connectivity index (χ1n) is 8.86. The second-order valence-electron chi connectivity index (χ2n) is 6.77. The minimum Gasteiger partial charge on any atom is -0.465 e. The minimum atomic E-state index is -1.17. The number of carbonyl (C=O) groups excluding carboxylic acids is 2. The van der Waals surface area contributed by atoms with E-state index in [1.807, 2.05) is 24.3 Å². The summed E-state index contributed by atoms with van der Waals surface area (Å²) in [7, 11) is 0. The normalized spacial score (nSPS) is 13.2. The second kappa shape index (κ2) is 8.12. The third-order valence-corrected chi connectivity index (χ3v) is 4.51. The Balaban J connectivity index is 1.55. The van der Waals surface area contributed by atoms with E-state index in [2.05, 4.69) is 18.8 Å². The Bertz CT molecular complexity index is 888. The number of rotatable bonds is 4. The van der Waals surface area contributed by atoms with Crippen LogP contribution in [-0.4, -0.2) is 44.3 Å². The van der Waals surface area contributed by atoms with Crippen LogP contribution in [0.1, 0.15) is 42.3 Å². The summed E-state index contributed by atoms with van der Waals surface area (Å²) >= 11 is 0. The molecule has 1 aromatic heterocycles. The molecule has 0 saturated carbocycles. The number of ether oxygens (including phenoxy) is 1. The number of nitrogens with zero attached hydrogens (tertiary/aromatic N) is 3. The molecule has 9 heteroatoms. The van der Waals surface area contributed by atoms with Crippen LogP contribution >= 0.6 is 0 Å². The summed E-state index contributed by atoms with van der Waals surface area (Å²) in [6.45, 7) is 4.48. The van der Waals surface area contributed by atoms with E-state index in [-0.39, 0.29) is 19.7 Å². The van der Waals surface area contributed by atoms with Crippen molar-refractivity contribution in [3.05, 3.63) is 53.1 Å². The highest BCUT2D eigenvalue weighted by Crippen LogP contribution is 2.17. The van der Waals surface area contributed by atoms with Crippen molar-refractivity contribution >= 4 is 18.0 Å². The van der Waals surface area contributed by atoms with Gasteiger partial charge in [-0.15, -0.1) is 0 Å². The second-order valence-corrected chi connectivity index (χ2v) is 6.77. The van der Waals surface area contributed by atoms with Crippen molar-refractivity contribution < 1.29 is 29.1 Å². The molecule has 148 valence electrons. The highest BCUT2D eigenvalue weighted by molar-refractivity contribution is 6.29. The number of aromatic nitrogens is 2. The molecule has 0 saturated heterocycles. The molecule has 2 aromatic rings. The van der Waals surface area contributed by atoms with Crippen molar-refractivity contribution in [1.29, 1.82) is 0 Å². The summed E-state index contributed by atoms with van der Waals surface area (Å²) in [6, 6.07) is 7.58. The molecule has 1 aromatic carbocycles. The fourth-order valence-corrected chi connectivity index (χ4v) is 2.86. The van der Waals surface area contributed by atoms with Gasteiger partial charge in [-0.3, -0.25) is 0 Å². The van der Waals surface area contributed by atoms with E-state index < -0.39 is 18.0 Å². The van der Waals surface area contributed by atoms with Crippen molar-refractivity contribution in [1.82, 2.24) is 14.6 Å². The van der Waals surface area contributed by atoms with Crippen molar-refractivity contribution in [2.24, 2.45) is 0 Å². The zero-order valence-corrected chi connectivity index (χ0v) is 15.6. The maximum atomic E-state index is 12.0. The molecular weight excluding hydrogens is 366 g/mol. The molecule has 0 spiro atoms. The van der Waals surface area contributed by atoms with Gasteiger partial charge < -0.3 is 19.6 Å². The molecule has 0 bridgehead atoms. The number of benzene rings is 1. The van der Waals surface area contributed by atoms with Gasteiger partial charge in [-0.25, -0.2) is 19.4 Å². The van der Waals surface area contributed by atoms with Crippen LogP contribution in [0.4, 0.5) is 4.79 Å². The number of esters is 1. The average Bonchev–Trinajstić information content (AvgIpc) is 3.08. The van der Waals surface area contributed by atoms with Gasteiger partial charge in [0, 0.05) is 13.0 Å². The van der Waals surface area contributed by atoms with Crippen LogP contribution in [-0.2, 0) is 33.9 Å². The van der Waals surface area contributed by atoms with Gasteiger partial charge in [-0.2, -0.15) is 4.73 Å². The lowest BCUT2D eigenvalue weighted by Gasteiger charge is -2.23. The van der Waals surface area contributed by atoms with E-state index in [1.54, 1.807) is 0 Å². The lowest BCUT2D eigenvalue weighted by atomic mass is 10.0. The van der Waals surface area contributed by atoms with Crippen LogP contribution < -0.4 is 4.84 Å². The molecule has 3 rings (SSSR count). The SMILES string of the molecule is CC(C)c1ccc(COC(=O)C(=O)On2cnc3c2CCN(C(=O)O)C3)cc1. The summed E-state index contributed by atoms with van der Waals surface area (Å²) in [6.07, 6.45) is 0.528. The zero-order chi connectivity index (χ0) is 20.3. The standard InChI is InChI=1S/C19H21N3O6/c1-12(2)14-5-3-13(4-6-14)10-27-17(23)18(24)28-22-11-20-15-9-21(19(25)26)8-7-16(15)22/h3-6,11-12H,7-10H2,1-2H3,(H,25,26). The Morgan fingerprint density at radius 3 is 2.54 bits per heavy atom. The fourth-order valence-electron chi connectivity index (χ4n) is 2.86. The Kier molecular flexibility index (Phi) is 5.62. The molecule has 1 amide bonds. The molecule has 0 atom stereocenters.